The maximum Gasteiger partial charge on any atom is 0.240 e. The van der Waals surface area contributed by atoms with Gasteiger partial charge in [-0.05, 0) is 42.7 Å². The molecule has 0 saturated carbocycles. The fourth-order valence-electron chi connectivity index (χ4n) is 2.72. The quantitative estimate of drug-likeness (QED) is 0.791. The fourth-order valence-corrected chi connectivity index (χ4v) is 3.81. The van der Waals surface area contributed by atoms with Crippen LogP contribution in [0.25, 0.3) is 0 Å². The number of aryl methyl sites for hydroxylation is 1. The number of rotatable bonds is 6. The zero-order chi connectivity index (χ0) is 17.3. The van der Waals surface area contributed by atoms with Gasteiger partial charge in [-0.25, -0.2) is 13.1 Å². The molecule has 0 aromatic heterocycles. The van der Waals surface area contributed by atoms with Crippen molar-refractivity contribution >= 4 is 10.0 Å². The van der Waals surface area contributed by atoms with Gasteiger partial charge in [-0.1, -0.05) is 6.07 Å². The van der Waals surface area contributed by atoms with Crippen LogP contribution in [0.5, 0.6) is 23.0 Å². The monoisotopic (exact) mass is 363 g/mol. The Morgan fingerprint density at radius 3 is 2.24 bits per heavy atom. The average molecular weight is 363 g/mol. The van der Waals surface area contributed by atoms with E-state index in [2.05, 4.69) is 4.72 Å². The molecule has 0 fully saturated rings. The van der Waals surface area contributed by atoms with Crippen molar-refractivity contribution in [3.8, 4) is 23.0 Å². The largest absolute Gasteiger partial charge is 0.454 e. The molecule has 0 aliphatic carbocycles. The summed E-state index contributed by atoms with van der Waals surface area (Å²) in [7, 11) is -3.58. The lowest BCUT2D eigenvalue weighted by Crippen LogP contribution is -2.25. The minimum absolute atomic E-state index is 0.113. The fraction of sp³-hybridized carbons (Fsp3) is 0.294. The molecular weight excluding hydrogens is 346 g/mol. The Morgan fingerprint density at radius 2 is 1.48 bits per heavy atom. The van der Waals surface area contributed by atoms with Crippen LogP contribution in [0.2, 0.25) is 0 Å². The summed E-state index contributed by atoms with van der Waals surface area (Å²) in [6, 6.07) is 10.3. The van der Waals surface area contributed by atoms with E-state index in [0.717, 1.165) is 23.5 Å². The molecule has 2 aromatic carbocycles. The third-order valence-electron chi connectivity index (χ3n) is 4.03. The number of benzene rings is 2. The SMILES string of the molecule is O=S(=O)(NCCCc1ccc2c(c1)OCO2)c1ccc2c(c1)OCO2. The maximum absolute atomic E-state index is 12.4. The molecule has 0 radical (unpaired) electrons. The highest BCUT2D eigenvalue weighted by molar-refractivity contribution is 7.89. The molecule has 25 heavy (non-hydrogen) atoms. The van der Waals surface area contributed by atoms with Gasteiger partial charge in [0.1, 0.15) is 0 Å². The van der Waals surface area contributed by atoms with Gasteiger partial charge in [-0.15, -0.1) is 0 Å². The molecule has 2 aromatic rings. The van der Waals surface area contributed by atoms with Crippen molar-refractivity contribution in [1.29, 1.82) is 0 Å². The Hall–Kier alpha value is -2.45. The summed E-state index contributed by atoms with van der Waals surface area (Å²) in [6.07, 6.45) is 1.41. The second kappa shape index (κ2) is 6.45. The van der Waals surface area contributed by atoms with Crippen LogP contribution in [0.3, 0.4) is 0 Å². The normalized spacial score (nSPS) is 14.7. The number of hydrogen-bond donors (Lipinski definition) is 1. The molecule has 1 N–H and O–H groups in total. The van der Waals surface area contributed by atoms with Crippen LogP contribution in [0, 0.1) is 0 Å². The molecule has 0 unspecified atom stereocenters. The number of nitrogens with one attached hydrogen (secondary N) is 1. The first-order valence-electron chi connectivity index (χ1n) is 7.90. The first-order valence-corrected chi connectivity index (χ1v) is 9.38. The lowest BCUT2D eigenvalue weighted by Gasteiger charge is -2.08. The van der Waals surface area contributed by atoms with E-state index < -0.39 is 10.0 Å². The van der Waals surface area contributed by atoms with Gasteiger partial charge in [-0.2, -0.15) is 0 Å². The summed E-state index contributed by atoms with van der Waals surface area (Å²) in [5.41, 5.74) is 1.08. The van der Waals surface area contributed by atoms with E-state index in [1.165, 1.54) is 12.1 Å². The Labute approximate surface area is 145 Å². The van der Waals surface area contributed by atoms with Crippen molar-refractivity contribution in [3.05, 3.63) is 42.0 Å². The maximum atomic E-state index is 12.4. The summed E-state index contributed by atoms with van der Waals surface area (Å²) in [6.45, 7) is 0.696. The van der Waals surface area contributed by atoms with Gasteiger partial charge in [0.25, 0.3) is 0 Å². The number of fused-ring (bicyclic) bond motifs is 2. The molecular formula is C17H17NO6S. The van der Waals surface area contributed by atoms with E-state index in [-0.39, 0.29) is 18.5 Å². The van der Waals surface area contributed by atoms with Crippen LogP contribution >= 0.6 is 0 Å². The summed E-state index contributed by atoms with van der Waals surface area (Å²) >= 11 is 0. The predicted molar refractivity (Wildman–Crippen MR) is 88.6 cm³/mol. The Balaban J connectivity index is 1.33. The van der Waals surface area contributed by atoms with Crippen molar-refractivity contribution in [1.82, 2.24) is 4.72 Å². The average Bonchev–Trinajstić information content (AvgIpc) is 3.26. The second-order valence-electron chi connectivity index (χ2n) is 5.70. The van der Waals surface area contributed by atoms with E-state index in [1.807, 2.05) is 18.2 Å². The van der Waals surface area contributed by atoms with Crippen LogP contribution in [0.15, 0.2) is 41.3 Å². The molecule has 132 valence electrons. The molecule has 2 heterocycles. The van der Waals surface area contributed by atoms with E-state index in [9.17, 15) is 8.42 Å². The Bertz CT molecular complexity index is 896. The zero-order valence-corrected chi connectivity index (χ0v) is 14.2. The molecule has 2 aliphatic heterocycles. The zero-order valence-electron chi connectivity index (χ0n) is 13.4. The third kappa shape index (κ3) is 3.35. The standard InChI is InChI=1S/C17H17NO6S/c19-25(20,13-4-6-15-17(9-13)24-11-22-15)18-7-1-2-12-3-5-14-16(8-12)23-10-21-14/h3-6,8-9,18H,1-2,7,10-11H2. The summed E-state index contributed by atoms with van der Waals surface area (Å²) in [5, 5.41) is 0. The van der Waals surface area contributed by atoms with Crippen LogP contribution in [0.4, 0.5) is 0 Å². The first kappa shape index (κ1) is 16.0. The second-order valence-corrected chi connectivity index (χ2v) is 7.47. The topological polar surface area (TPSA) is 83.1 Å². The van der Waals surface area contributed by atoms with Gasteiger partial charge in [-0.3, -0.25) is 0 Å². The van der Waals surface area contributed by atoms with Gasteiger partial charge < -0.3 is 18.9 Å². The van der Waals surface area contributed by atoms with Crippen molar-refractivity contribution in [3.63, 3.8) is 0 Å². The molecule has 0 atom stereocenters. The molecule has 0 saturated heterocycles. The lowest BCUT2D eigenvalue weighted by molar-refractivity contribution is 0.173. The lowest BCUT2D eigenvalue weighted by atomic mass is 10.1. The Morgan fingerprint density at radius 1 is 0.840 bits per heavy atom. The predicted octanol–water partition coefficient (Wildman–Crippen LogP) is 2.06. The van der Waals surface area contributed by atoms with Gasteiger partial charge in [0.15, 0.2) is 23.0 Å². The highest BCUT2D eigenvalue weighted by Crippen LogP contribution is 2.34. The van der Waals surface area contributed by atoms with Gasteiger partial charge in [0, 0.05) is 12.6 Å². The number of sulfonamides is 1. The molecule has 2 aliphatic rings. The van der Waals surface area contributed by atoms with Crippen molar-refractivity contribution in [2.45, 2.75) is 17.7 Å². The smallest absolute Gasteiger partial charge is 0.240 e. The molecule has 0 amide bonds. The highest BCUT2D eigenvalue weighted by Gasteiger charge is 2.20. The summed E-state index contributed by atoms with van der Waals surface area (Å²) < 4.78 is 48.3. The minimum Gasteiger partial charge on any atom is -0.454 e. The molecule has 0 bridgehead atoms. The van der Waals surface area contributed by atoms with Crippen LogP contribution in [-0.2, 0) is 16.4 Å². The minimum atomic E-state index is -3.58. The highest BCUT2D eigenvalue weighted by atomic mass is 32.2. The first-order chi connectivity index (χ1) is 12.1. The van der Waals surface area contributed by atoms with Gasteiger partial charge in [0.05, 0.1) is 4.90 Å². The van der Waals surface area contributed by atoms with E-state index in [0.29, 0.717) is 24.5 Å². The van der Waals surface area contributed by atoms with Crippen LogP contribution in [0.1, 0.15) is 12.0 Å². The molecule has 8 heteroatoms. The number of hydrogen-bond acceptors (Lipinski definition) is 6. The van der Waals surface area contributed by atoms with Crippen molar-refractivity contribution < 1.29 is 27.4 Å². The van der Waals surface area contributed by atoms with Crippen LogP contribution < -0.4 is 23.7 Å². The number of ether oxygens (including phenoxy) is 4. The van der Waals surface area contributed by atoms with E-state index in [4.69, 9.17) is 18.9 Å². The summed E-state index contributed by atoms with van der Waals surface area (Å²) in [4.78, 5) is 0.167. The van der Waals surface area contributed by atoms with Crippen molar-refractivity contribution in [2.75, 3.05) is 20.1 Å². The van der Waals surface area contributed by atoms with E-state index in [1.54, 1.807) is 6.07 Å². The van der Waals surface area contributed by atoms with Crippen molar-refractivity contribution in [2.24, 2.45) is 0 Å². The van der Waals surface area contributed by atoms with Gasteiger partial charge >= 0.3 is 0 Å². The molecule has 7 nitrogen and oxygen atoms in total. The van der Waals surface area contributed by atoms with E-state index >= 15 is 0 Å². The molecule has 4 rings (SSSR count). The van der Waals surface area contributed by atoms with Crippen LogP contribution in [-0.4, -0.2) is 28.5 Å². The molecule has 0 spiro atoms. The van der Waals surface area contributed by atoms with Gasteiger partial charge in [0.2, 0.25) is 23.6 Å². The Kier molecular flexibility index (Phi) is 4.14. The summed E-state index contributed by atoms with van der Waals surface area (Å²) in [5.74, 6) is 2.48. The third-order valence-corrected chi connectivity index (χ3v) is 5.48.